The summed E-state index contributed by atoms with van der Waals surface area (Å²) in [4.78, 5) is 2.73. The van der Waals surface area contributed by atoms with Crippen molar-refractivity contribution in [2.24, 2.45) is 17.8 Å². The molecule has 1 saturated carbocycles. The number of nitrogens with one attached hydrogen (secondary N) is 1. The minimum Gasteiger partial charge on any atom is -0.368 e. The van der Waals surface area contributed by atoms with E-state index in [9.17, 15) is 0 Å². The number of rotatable bonds is 4. The van der Waals surface area contributed by atoms with E-state index in [4.69, 9.17) is 4.74 Å². The Kier molecular flexibility index (Phi) is 4.13. The summed E-state index contributed by atoms with van der Waals surface area (Å²) in [6.45, 7) is 16.2. The molecule has 21 heavy (non-hydrogen) atoms. The summed E-state index contributed by atoms with van der Waals surface area (Å²) >= 11 is 0. The van der Waals surface area contributed by atoms with Crippen molar-refractivity contribution < 1.29 is 4.74 Å². The Balaban J connectivity index is 1.70. The van der Waals surface area contributed by atoms with Crippen LogP contribution >= 0.6 is 0 Å². The fourth-order valence-electron chi connectivity index (χ4n) is 5.40. The standard InChI is InChI=1S/C18H34N2O/c1-6-19-16-15(17(2,3)21-18(16,4)5)12-20-10-13-8-7-9-14(13)11-20/h13-16,19H,6-12H2,1-5H3. The lowest BCUT2D eigenvalue weighted by molar-refractivity contribution is -0.0793. The SMILES string of the molecule is CCNC1C(CN2CC3CCCC3C2)C(C)(C)OC1(C)C. The first-order chi connectivity index (χ1) is 9.83. The van der Waals surface area contributed by atoms with Crippen LogP contribution < -0.4 is 5.32 Å². The largest absolute Gasteiger partial charge is 0.368 e. The van der Waals surface area contributed by atoms with Gasteiger partial charge < -0.3 is 15.0 Å². The first kappa shape index (κ1) is 15.8. The molecule has 3 rings (SSSR count). The summed E-state index contributed by atoms with van der Waals surface area (Å²) in [5.41, 5.74) is -0.103. The van der Waals surface area contributed by atoms with Crippen LogP contribution in [-0.4, -0.2) is 48.3 Å². The Morgan fingerprint density at radius 2 is 1.67 bits per heavy atom. The third kappa shape index (κ3) is 2.89. The van der Waals surface area contributed by atoms with E-state index in [0.717, 1.165) is 18.4 Å². The van der Waals surface area contributed by atoms with Crippen molar-refractivity contribution in [3.63, 3.8) is 0 Å². The number of hydrogen-bond acceptors (Lipinski definition) is 3. The fraction of sp³-hybridized carbons (Fsp3) is 1.00. The van der Waals surface area contributed by atoms with Crippen LogP contribution in [-0.2, 0) is 4.74 Å². The smallest absolute Gasteiger partial charge is 0.0790 e. The minimum atomic E-state index is -0.0697. The predicted molar refractivity (Wildman–Crippen MR) is 87.5 cm³/mol. The highest BCUT2D eigenvalue weighted by Gasteiger charge is 2.54. The summed E-state index contributed by atoms with van der Waals surface area (Å²) in [6.07, 6.45) is 4.40. The lowest BCUT2D eigenvalue weighted by Gasteiger charge is -2.33. The topological polar surface area (TPSA) is 24.5 Å². The molecule has 3 nitrogen and oxygen atoms in total. The molecule has 0 spiro atoms. The third-order valence-corrected chi connectivity index (χ3v) is 6.25. The van der Waals surface area contributed by atoms with Crippen molar-refractivity contribution in [1.82, 2.24) is 10.2 Å². The number of ether oxygens (including phenoxy) is 1. The van der Waals surface area contributed by atoms with Crippen LogP contribution in [0.5, 0.6) is 0 Å². The van der Waals surface area contributed by atoms with Crippen LogP contribution in [0.15, 0.2) is 0 Å². The zero-order valence-corrected chi connectivity index (χ0v) is 14.6. The maximum atomic E-state index is 6.43. The second-order valence-corrected chi connectivity index (χ2v) is 8.62. The molecule has 1 aliphatic carbocycles. The monoisotopic (exact) mass is 294 g/mol. The molecular weight excluding hydrogens is 260 g/mol. The molecule has 122 valence electrons. The zero-order valence-electron chi connectivity index (χ0n) is 14.6. The van der Waals surface area contributed by atoms with Gasteiger partial charge in [0.15, 0.2) is 0 Å². The van der Waals surface area contributed by atoms with E-state index in [0.29, 0.717) is 12.0 Å². The Labute approximate surface area is 130 Å². The Hall–Kier alpha value is -0.120. The quantitative estimate of drug-likeness (QED) is 0.863. The Morgan fingerprint density at radius 3 is 2.24 bits per heavy atom. The molecule has 0 amide bonds. The van der Waals surface area contributed by atoms with Crippen LogP contribution in [0.25, 0.3) is 0 Å². The Morgan fingerprint density at radius 1 is 1.05 bits per heavy atom. The first-order valence-corrected chi connectivity index (χ1v) is 8.99. The fourth-order valence-corrected chi connectivity index (χ4v) is 5.40. The number of fused-ring (bicyclic) bond motifs is 1. The van der Waals surface area contributed by atoms with Gasteiger partial charge in [-0.2, -0.15) is 0 Å². The number of nitrogens with zero attached hydrogens (tertiary/aromatic N) is 1. The third-order valence-electron chi connectivity index (χ3n) is 6.25. The van der Waals surface area contributed by atoms with Gasteiger partial charge in [-0.15, -0.1) is 0 Å². The van der Waals surface area contributed by atoms with Gasteiger partial charge in [-0.1, -0.05) is 13.3 Å². The number of likely N-dealkylation sites (N-methyl/N-ethyl adjacent to an activating group) is 1. The van der Waals surface area contributed by atoms with Crippen LogP contribution in [0, 0.1) is 17.8 Å². The van der Waals surface area contributed by atoms with Crippen molar-refractivity contribution in [3.05, 3.63) is 0 Å². The summed E-state index contributed by atoms with van der Waals surface area (Å²) in [7, 11) is 0. The molecule has 4 atom stereocenters. The van der Waals surface area contributed by atoms with Crippen molar-refractivity contribution in [2.45, 2.75) is 71.1 Å². The predicted octanol–water partition coefficient (Wildman–Crippen LogP) is 2.90. The molecule has 0 aromatic rings. The zero-order chi connectivity index (χ0) is 15.3. The van der Waals surface area contributed by atoms with E-state index in [2.05, 4.69) is 44.8 Å². The van der Waals surface area contributed by atoms with E-state index in [1.807, 2.05) is 0 Å². The van der Waals surface area contributed by atoms with Gasteiger partial charge in [0.25, 0.3) is 0 Å². The summed E-state index contributed by atoms with van der Waals surface area (Å²) in [5.74, 6) is 2.55. The van der Waals surface area contributed by atoms with E-state index in [1.54, 1.807) is 0 Å². The second-order valence-electron chi connectivity index (χ2n) is 8.62. The molecular formula is C18H34N2O. The number of hydrogen-bond donors (Lipinski definition) is 1. The highest BCUT2D eigenvalue weighted by molar-refractivity contribution is 5.06. The van der Waals surface area contributed by atoms with Crippen LogP contribution in [0.3, 0.4) is 0 Å². The van der Waals surface area contributed by atoms with Gasteiger partial charge in [0, 0.05) is 31.6 Å². The maximum absolute atomic E-state index is 6.43. The molecule has 3 aliphatic rings. The molecule has 0 radical (unpaired) electrons. The van der Waals surface area contributed by atoms with Gasteiger partial charge in [0.1, 0.15) is 0 Å². The van der Waals surface area contributed by atoms with Crippen LogP contribution in [0.1, 0.15) is 53.9 Å². The minimum absolute atomic E-state index is 0.0337. The molecule has 2 aliphatic heterocycles. The van der Waals surface area contributed by atoms with Crippen molar-refractivity contribution in [3.8, 4) is 0 Å². The van der Waals surface area contributed by atoms with Gasteiger partial charge in [0.2, 0.25) is 0 Å². The van der Waals surface area contributed by atoms with Crippen LogP contribution in [0.4, 0.5) is 0 Å². The molecule has 0 bridgehead atoms. The molecule has 0 aromatic heterocycles. The molecule has 0 aromatic carbocycles. The summed E-state index contributed by atoms with van der Waals surface area (Å²) < 4.78 is 6.43. The van der Waals surface area contributed by atoms with Crippen molar-refractivity contribution in [1.29, 1.82) is 0 Å². The highest BCUT2D eigenvalue weighted by atomic mass is 16.5. The molecule has 3 heteroatoms. The van der Waals surface area contributed by atoms with E-state index < -0.39 is 0 Å². The normalized spacial score (nSPS) is 41.6. The van der Waals surface area contributed by atoms with Gasteiger partial charge >= 0.3 is 0 Å². The van der Waals surface area contributed by atoms with Gasteiger partial charge in [-0.3, -0.25) is 0 Å². The lowest BCUT2D eigenvalue weighted by Crippen LogP contribution is -2.50. The molecule has 4 unspecified atom stereocenters. The van der Waals surface area contributed by atoms with Crippen molar-refractivity contribution in [2.75, 3.05) is 26.2 Å². The molecule has 2 heterocycles. The van der Waals surface area contributed by atoms with Crippen molar-refractivity contribution >= 4 is 0 Å². The van der Waals surface area contributed by atoms with Crippen LogP contribution in [0.2, 0.25) is 0 Å². The first-order valence-electron chi connectivity index (χ1n) is 8.99. The highest BCUT2D eigenvalue weighted by Crippen LogP contribution is 2.44. The van der Waals surface area contributed by atoms with Gasteiger partial charge in [-0.05, 0) is 58.9 Å². The van der Waals surface area contributed by atoms with E-state index >= 15 is 0 Å². The maximum Gasteiger partial charge on any atom is 0.0790 e. The lowest BCUT2D eigenvalue weighted by atomic mass is 9.82. The van der Waals surface area contributed by atoms with Gasteiger partial charge in [-0.25, -0.2) is 0 Å². The summed E-state index contributed by atoms with van der Waals surface area (Å²) in [6, 6.07) is 0.456. The number of likely N-dealkylation sites (tertiary alicyclic amines) is 1. The molecule has 2 saturated heterocycles. The average Bonchev–Trinajstić information content (AvgIpc) is 2.95. The molecule has 1 N–H and O–H groups in total. The average molecular weight is 294 g/mol. The molecule has 3 fully saturated rings. The summed E-state index contributed by atoms with van der Waals surface area (Å²) in [5, 5.41) is 3.71. The Bertz CT molecular complexity index is 367. The van der Waals surface area contributed by atoms with E-state index in [1.165, 1.54) is 38.9 Å². The van der Waals surface area contributed by atoms with E-state index in [-0.39, 0.29) is 11.2 Å². The second kappa shape index (κ2) is 5.50. The van der Waals surface area contributed by atoms with Gasteiger partial charge in [0.05, 0.1) is 11.2 Å².